The van der Waals surface area contributed by atoms with Gasteiger partial charge in [-0.15, -0.1) is 0 Å². The maximum Gasteiger partial charge on any atom is 0.228 e. The van der Waals surface area contributed by atoms with Crippen molar-refractivity contribution < 1.29 is 19.1 Å². The van der Waals surface area contributed by atoms with Gasteiger partial charge in [-0.1, -0.05) is 31.3 Å². The zero-order chi connectivity index (χ0) is 22.4. The molecule has 0 fully saturated rings. The lowest BCUT2D eigenvalue weighted by molar-refractivity contribution is -0.121. The average molecular weight is 442 g/mol. The second kappa shape index (κ2) is 10.3. The molecular weight excluding hydrogens is 414 g/mol. The van der Waals surface area contributed by atoms with Gasteiger partial charge in [-0.3, -0.25) is 9.59 Å². The fourth-order valence-corrected chi connectivity index (χ4v) is 3.90. The lowest BCUT2D eigenvalue weighted by atomic mass is 10.1. The van der Waals surface area contributed by atoms with E-state index < -0.39 is 0 Å². The number of rotatable bonds is 9. The molecule has 0 saturated carbocycles. The van der Waals surface area contributed by atoms with Gasteiger partial charge in [0.2, 0.25) is 11.8 Å². The van der Waals surface area contributed by atoms with E-state index in [1.807, 2.05) is 44.2 Å². The number of benzene rings is 2. The minimum atomic E-state index is -0.0982. The highest BCUT2D eigenvalue weighted by molar-refractivity contribution is 7.22. The maximum atomic E-state index is 12.3. The van der Waals surface area contributed by atoms with Gasteiger partial charge in [0.25, 0.3) is 0 Å². The van der Waals surface area contributed by atoms with Crippen molar-refractivity contribution >= 4 is 38.5 Å². The van der Waals surface area contributed by atoms with Crippen molar-refractivity contribution in [3.8, 4) is 11.5 Å². The van der Waals surface area contributed by atoms with Crippen LogP contribution in [0.3, 0.4) is 0 Å². The summed E-state index contributed by atoms with van der Waals surface area (Å²) in [6, 6.07) is 11.4. The molecule has 1 aromatic heterocycles. The SMILES string of the molecule is COc1ccc(CNC(=O)CCc2ccc3nc(NC(=O)C(C)C)sc3c2)c(OC)c1. The number of aryl methyl sites for hydroxylation is 1. The molecular formula is C23H27N3O4S. The Kier molecular flexibility index (Phi) is 7.46. The van der Waals surface area contributed by atoms with Gasteiger partial charge in [-0.2, -0.15) is 0 Å². The maximum absolute atomic E-state index is 12.3. The zero-order valence-corrected chi connectivity index (χ0v) is 19.0. The molecule has 0 aliphatic rings. The van der Waals surface area contributed by atoms with Gasteiger partial charge >= 0.3 is 0 Å². The third kappa shape index (κ3) is 5.95. The van der Waals surface area contributed by atoms with Gasteiger partial charge in [0.1, 0.15) is 11.5 Å². The average Bonchev–Trinajstić information content (AvgIpc) is 3.17. The molecule has 0 atom stereocenters. The van der Waals surface area contributed by atoms with Crippen molar-refractivity contribution in [1.29, 1.82) is 0 Å². The Bertz CT molecular complexity index is 1080. The third-order valence-corrected chi connectivity index (χ3v) is 5.75. The van der Waals surface area contributed by atoms with Crippen molar-refractivity contribution in [2.75, 3.05) is 19.5 Å². The summed E-state index contributed by atoms with van der Waals surface area (Å²) in [5, 5.41) is 6.37. The van der Waals surface area contributed by atoms with Crippen LogP contribution >= 0.6 is 11.3 Å². The second-order valence-electron chi connectivity index (χ2n) is 7.42. The Hall–Kier alpha value is -3.13. The highest BCUT2D eigenvalue weighted by Gasteiger charge is 2.12. The number of fused-ring (bicyclic) bond motifs is 1. The van der Waals surface area contributed by atoms with Crippen LogP contribution in [0.15, 0.2) is 36.4 Å². The van der Waals surface area contributed by atoms with Crippen LogP contribution in [-0.2, 0) is 22.6 Å². The molecule has 2 amide bonds. The van der Waals surface area contributed by atoms with Crippen molar-refractivity contribution in [3.63, 3.8) is 0 Å². The summed E-state index contributed by atoms with van der Waals surface area (Å²) in [5.41, 5.74) is 2.78. The molecule has 0 bridgehead atoms. The first-order valence-corrected chi connectivity index (χ1v) is 10.9. The number of nitrogens with zero attached hydrogens (tertiary/aromatic N) is 1. The van der Waals surface area contributed by atoms with Crippen LogP contribution in [-0.4, -0.2) is 31.0 Å². The van der Waals surface area contributed by atoms with Crippen molar-refractivity contribution in [3.05, 3.63) is 47.5 Å². The van der Waals surface area contributed by atoms with Crippen molar-refractivity contribution in [2.24, 2.45) is 5.92 Å². The summed E-state index contributed by atoms with van der Waals surface area (Å²) in [5.74, 6) is 1.20. The molecule has 3 aromatic rings. The highest BCUT2D eigenvalue weighted by atomic mass is 32.1. The number of ether oxygens (including phenoxy) is 2. The number of amides is 2. The fraction of sp³-hybridized carbons (Fsp3) is 0.348. The van der Waals surface area contributed by atoms with E-state index in [1.54, 1.807) is 20.3 Å². The highest BCUT2D eigenvalue weighted by Crippen LogP contribution is 2.28. The molecule has 164 valence electrons. The minimum Gasteiger partial charge on any atom is -0.497 e. The van der Waals surface area contributed by atoms with Gasteiger partial charge in [0.05, 0.1) is 24.4 Å². The quantitative estimate of drug-likeness (QED) is 0.521. The summed E-state index contributed by atoms with van der Waals surface area (Å²) in [6.45, 7) is 4.08. The summed E-state index contributed by atoms with van der Waals surface area (Å²) in [6.07, 6.45) is 0.993. The van der Waals surface area contributed by atoms with Crippen LogP contribution < -0.4 is 20.1 Å². The second-order valence-corrected chi connectivity index (χ2v) is 8.45. The smallest absolute Gasteiger partial charge is 0.228 e. The van der Waals surface area contributed by atoms with E-state index in [1.165, 1.54) is 11.3 Å². The summed E-state index contributed by atoms with van der Waals surface area (Å²) in [4.78, 5) is 28.6. The van der Waals surface area contributed by atoms with Crippen LogP contribution in [0.2, 0.25) is 0 Å². The van der Waals surface area contributed by atoms with Crippen LogP contribution in [0.4, 0.5) is 5.13 Å². The molecule has 1 heterocycles. The fourth-order valence-electron chi connectivity index (χ4n) is 2.97. The molecule has 0 unspecified atom stereocenters. The molecule has 0 saturated heterocycles. The lowest BCUT2D eigenvalue weighted by Crippen LogP contribution is -2.23. The summed E-state index contributed by atoms with van der Waals surface area (Å²) in [7, 11) is 3.19. The van der Waals surface area contributed by atoms with Gasteiger partial charge in [-0.05, 0) is 36.2 Å². The Balaban J connectivity index is 1.55. The number of aromatic nitrogens is 1. The van der Waals surface area contributed by atoms with Gasteiger partial charge in [0.15, 0.2) is 5.13 Å². The van der Waals surface area contributed by atoms with E-state index in [9.17, 15) is 9.59 Å². The largest absolute Gasteiger partial charge is 0.497 e. The van der Waals surface area contributed by atoms with Gasteiger partial charge < -0.3 is 20.1 Å². The molecule has 0 radical (unpaired) electrons. The zero-order valence-electron chi connectivity index (χ0n) is 18.2. The van der Waals surface area contributed by atoms with Crippen LogP contribution in [0.1, 0.15) is 31.4 Å². The first-order chi connectivity index (χ1) is 14.9. The van der Waals surface area contributed by atoms with E-state index in [-0.39, 0.29) is 17.7 Å². The minimum absolute atomic E-state index is 0.0350. The number of hydrogen-bond acceptors (Lipinski definition) is 6. The monoisotopic (exact) mass is 441 g/mol. The standard InChI is InChI=1S/C23H27N3O4S/c1-14(2)22(28)26-23-25-18-9-5-15(11-20(18)31-23)6-10-21(27)24-13-16-7-8-17(29-3)12-19(16)30-4/h5,7-9,11-12,14H,6,10,13H2,1-4H3,(H,24,27)(H,25,26,28). The Morgan fingerprint density at radius 3 is 2.61 bits per heavy atom. The van der Waals surface area contributed by atoms with E-state index in [2.05, 4.69) is 15.6 Å². The van der Waals surface area contributed by atoms with E-state index in [4.69, 9.17) is 9.47 Å². The Labute approximate surface area is 185 Å². The number of hydrogen-bond donors (Lipinski definition) is 2. The Morgan fingerprint density at radius 1 is 1.10 bits per heavy atom. The number of anilines is 1. The van der Waals surface area contributed by atoms with Crippen LogP contribution in [0.5, 0.6) is 11.5 Å². The molecule has 0 aliphatic heterocycles. The van der Waals surface area contributed by atoms with Crippen molar-refractivity contribution in [1.82, 2.24) is 10.3 Å². The molecule has 2 aromatic carbocycles. The number of nitrogens with one attached hydrogen (secondary N) is 2. The number of methoxy groups -OCH3 is 2. The van der Waals surface area contributed by atoms with Crippen LogP contribution in [0, 0.1) is 5.92 Å². The normalized spacial score (nSPS) is 10.9. The third-order valence-electron chi connectivity index (χ3n) is 4.82. The Morgan fingerprint density at radius 2 is 1.90 bits per heavy atom. The van der Waals surface area contributed by atoms with Crippen LogP contribution in [0.25, 0.3) is 10.2 Å². The van der Waals surface area contributed by atoms with E-state index >= 15 is 0 Å². The molecule has 7 nitrogen and oxygen atoms in total. The molecule has 3 rings (SSSR count). The van der Waals surface area contributed by atoms with E-state index in [0.29, 0.717) is 36.0 Å². The van der Waals surface area contributed by atoms with Gasteiger partial charge in [-0.25, -0.2) is 4.98 Å². The summed E-state index contributed by atoms with van der Waals surface area (Å²) < 4.78 is 11.5. The van der Waals surface area contributed by atoms with E-state index in [0.717, 1.165) is 21.3 Å². The van der Waals surface area contributed by atoms with Crippen molar-refractivity contribution in [2.45, 2.75) is 33.2 Å². The first-order valence-electron chi connectivity index (χ1n) is 10.1. The number of carbonyl (C=O) groups is 2. The number of thiazole rings is 1. The molecule has 0 aliphatic carbocycles. The lowest BCUT2D eigenvalue weighted by Gasteiger charge is -2.11. The predicted octanol–water partition coefficient (Wildman–Crippen LogP) is 4.16. The summed E-state index contributed by atoms with van der Waals surface area (Å²) >= 11 is 1.44. The molecule has 0 spiro atoms. The molecule has 8 heteroatoms. The number of carbonyl (C=O) groups excluding carboxylic acids is 2. The first kappa shape index (κ1) is 22.6. The van der Waals surface area contributed by atoms with Gasteiger partial charge in [0, 0.05) is 30.5 Å². The predicted molar refractivity (Wildman–Crippen MR) is 123 cm³/mol. The topological polar surface area (TPSA) is 89.5 Å². The molecule has 2 N–H and O–H groups in total. The molecule has 31 heavy (non-hydrogen) atoms.